The van der Waals surface area contributed by atoms with Crippen LogP contribution in [0.4, 0.5) is 5.69 Å². The molecule has 1 heterocycles. The minimum Gasteiger partial charge on any atom is -0.385 e. The molecule has 0 bridgehead atoms. The van der Waals surface area contributed by atoms with Gasteiger partial charge in [-0.25, -0.2) is 0 Å². The standard InChI is InChI=1S/C14H23N3O2/c1-5-7-15-12-6-8-16-13(9-12)14(18)17(3)11(2)10-19-4/h6,8-9,11H,5,7,10H2,1-4H3,(H,15,16). The second-order valence-corrected chi connectivity index (χ2v) is 4.58. The predicted octanol–water partition coefficient (Wildman–Crippen LogP) is 2.01. The van der Waals surface area contributed by atoms with Crippen LogP contribution in [0.5, 0.6) is 0 Å². The van der Waals surface area contributed by atoms with E-state index in [1.165, 1.54) is 0 Å². The molecule has 1 unspecified atom stereocenters. The van der Waals surface area contributed by atoms with Gasteiger partial charge in [0.05, 0.1) is 12.6 Å². The number of aromatic nitrogens is 1. The van der Waals surface area contributed by atoms with E-state index < -0.39 is 0 Å². The van der Waals surface area contributed by atoms with Crippen molar-refractivity contribution >= 4 is 11.6 Å². The van der Waals surface area contributed by atoms with E-state index in [-0.39, 0.29) is 11.9 Å². The molecule has 0 aliphatic heterocycles. The van der Waals surface area contributed by atoms with Crippen molar-refractivity contribution in [2.24, 2.45) is 0 Å². The Kier molecular flexibility index (Phi) is 6.29. The molecule has 0 aliphatic rings. The number of rotatable bonds is 7. The highest BCUT2D eigenvalue weighted by Crippen LogP contribution is 2.11. The van der Waals surface area contributed by atoms with E-state index >= 15 is 0 Å². The summed E-state index contributed by atoms with van der Waals surface area (Å²) in [7, 11) is 3.39. The van der Waals surface area contributed by atoms with Gasteiger partial charge in [-0.3, -0.25) is 9.78 Å². The van der Waals surface area contributed by atoms with Crippen LogP contribution in [0.1, 0.15) is 30.8 Å². The van der Waals surface area contributed by atoms with Crippen LogP contribution in [0.25, 0.3) is 0 Å². The van der Waals surface area contributed by atoms with Crippen LogP contribution in [-0.2, 0) is 4.74 Å². The van der Waals surface area contributed by atoms with E-state index in [1.54, 1.807) is 31.3 Å². The summed E-state index contributed by atoms with van der Waals surface area (Å²) in [5.41, 5.74) is 1.37. The molecule has 0 saturated carbocycles. The fourth-order valence-electron chi connectivity index (χ4n) is 1.66. The summed E-state index contributed by atoms with van der Waals surface area (Å²) in [5, 5.41) is 3.25. The van der Waals surface area contributed by atoms with Crippen molar-refractivity contribution in [3.63, 3.8) is 0 Å². The van der Waals surface area contributed by atoms with E-state index in [1.807, 2.05) is 13.0 Å². The van der Waals surface area contributed by atoms with Gasteiger partial charge in [0.15, 0.2) is 0 Å². The SMILES string of the molecule is CCCNc1ccnc(C(=O)N(C)C(C)COC)c1. The molecule has 19 heavy (non-hydrogen) atoms. The number of pyridine rings is 1. The lowest BCUT2D eigenvalue weighted by Crippen LogP contribution is -2.38. The van der Waals surface area contributed by atoms with Crippen LogP contribution in [-0.4, -0.2) is 49.1 Å². The normalized spacial score (nSPS) is 12.0. The number of carbonyl (C=O) groups is 1. The molecule has 5 nitrogen and oxygen atoms in total. The van der Waals surface area contributed by atoms with E-state index in [4.69, 9.17) is 4.74 Å². The van der Waals surface area contributed by atoms with E-state index in [0.29, 0.717) is 12.3 Å². The zero-order valence-corrected chi connectivity index (χ0v) is 12.1. The third-order valence-electron chi connectivity index (χ3n) is 2.95. The van der Waals surface area contributed by atoms with Gasteiger partial charge in [-0.1, -0.05) is 6.92 Å². The average Bonchev–Trinajstić information content (AvgIpc) is 2.44. The maximum absolute atomic E-state index is 12.3. The number of hydrogen-bond donors (Lipinski definition) is 1. The molecule has 0 fully saturated rings. The molecule has 1 amide bonds. The zero-order chi connectivity index (χ0) is 14.3. The van der Waals surface area contributed by atoms with Crippen LogP contribution in [0.2, 0.25) is 0 Å². The number of anilines is 1. The number of ether oxygens (including phenoxy) is 1. The number of amides is 1. The first-order chi connectivity index (χ1) is 9.10. The van der Waals surface area contributed by atoms with Gasteiger partial charge in [0.2, 0.25) is 0 Å². The molecule has 0 aromatic carbocycles. The fraction of sp³-hybridized carbons (Fsp3) is 0.571. The predicted molar refractivity (Wildman–Crippen MR) is 76.4 cm³/mol. The Bertz CT molecular complexity index is 409. The number of nitrogens with zero attached hydrogens (tertiary/aromatic N) is 2. The molecule has 1 aromatic heterocycles. The summed E-state index contributed by atoms with van der Waals surface area (Å²) in [4.78, 5) is 18.1. The summed E-state index contributed by atoms with van der Waals surface area (Å²) in [5.74, 6) is -0.0929. The van der Waals surface area contributed by atoms with Gasteiger partial charge >= 0.3 is 0 Å². The highest BCUT2D eigenvalue weighted by molar-refractivity contribution is 5.93. The molecule has 1 rings (SSSR count). The molecule has 5 heteroatoms. The Balaban J connectivity index is 2.75. The number of carbonyl (C=O) groups excluding carboxylic acids is 1. The van der Waals surface area contributed by atoms with E-state index in [2.05, 4.69) is 17.2 Å². The summed E-state index contributed by atoms with van der Waals surface area (Å²) < 4.78 is 5.06. The summed E-state index contributed by atoms with van der Waals surface area (Å²) >= 11 is 0. The van der Waals surface area contributed by atoms with E-state index in [0.717, 1.165) is 18.7 Å². The zero-order valence-electron chi connectivity index (χ0n) is 12.1. The molecule has 1 aromatic rings. The molecule has 0 saturated heterocycles. The van der Waals surface area contributed by atoms with Crippen molar-refractivity contribution in [2.75, 3.05) is 32.6 Å². The quantitative estimate of drug-likeness (QED) is 0.819. The molecule has 106 valence electrons. The van der Waals surface area contributed by atoms with Crippen LogP contribution >= 0.6 is 0 Å². The minimum atomic E-state index is -0.0929. The van der Waals surface area contributed by atoms with E-state index in [9.17, 15) is 4.79 Å². The maximum atomic E-state index is 12.3. The Hall–Kier alpha value is -1.62. The molecule has 0 radical (unpaired) electrons. The lowest BCUT2D eigenvalue weighted by atomic mass is 10.2. The molecule has 1 atom stereocenters. The van der Waals surface area contributed by atoms with Crippen molar-refractivity contribution in [2.45, 2.75) is 26.3 Å². The lowest BCUT2D eigenvalue weighted by Gasteiger charge is -2.24. The third-order valence-corrected chi connectivity index (χ3v) is 2.95. The van der Waals surface area contributed by atoms with Gasteiger partial charge in [0, 0.05) is 32.6 Å². The highest BCUT2D eigenvalue weighted by Gasteiger charge is 2.18. The average molecular weight is 265 g/mol. The Morgan fingerprint density at radius 3 is 2.95 bits per heavy atom. The lowest BCUT2D eigenvalue weighted by molar-refractivity contribution is 0.0628. The van der Waals surface area contributed by atoms with Crippen LogP contribution in [0.15, 0.2) is 18.3 Å². The second kappa shape index (κ2) is 7.74. The highest BCUT2D eigenvalue weighted by atomic mass is 16.5. The summed E-state index contributed by atoms with van der Waals surface area (Å²) in [6.07, 6.45) is 2.69. The summed E-state index contributed by atoms with van der Waals surface area (Å²) in [6.45, 7) is 5.44. The van der Waals surface area contributed by atoms with Gasteiger partial charge in [-0.2, -0.15) is 0 Å². The number of hydrogen-bond acceptors (Lipinski definition) is 4. The van der Waals surface area contributed by atoms with Gasteiger partial charge in [0.1, 0.15) is 5.69 Å². The van der Waals surface area contributed by atoms with Crippen molar-refractivity contribution in [1.82, 2.24) is 9.88 Å². The monoisotopic (exact) mass is 265 g/mol. The van der Waals surface area contributed by atoms with Gasteiger partial charge in [-0.05, 0) is 25.5 Å². The van der Waals surface area contributed by atoms with Crippen LogP contribution < -0.4 is 5.32 Å². The fourth-order valence-corrected chi connectivity index (χ4v) is 1.66. The largest absolute Gasteiger partial charge is 0.385 e. The minimum absolute atomic E-state index is 0.0200. The van der Waals surface area contributed by atoms with Crippen molar-refractivity contribution in [3.05, 3.63) is 24.0 Å². The van der Waals surface area contributed by atoms with Crippen LogP contribution in [0.3, 0.4) is 0 Å². The van der Waals surface area contributed by atoms with Gasteiger partial charge < -0.3 is 15.0 Å². The first kappa shape index (κ1) is 15.4. The van der Waals surface area contributed by atoms with Crippen molar-refractivity contribution in [3.8, 4) is 0 Å². The van der Waals surface area contributed by atoms with Crippen molar-refractivity contribution in [1.29, 1.82) is 0 Å². The summed E-state index contributed by atoms with van der Waals surface area (Å²) in [6, 6.07) is 3.67. The van der Waals surface area contributed by atoms with Gasteiger partial charge in [-0.15, -0.1) is 0 Å². The van der Waals surface area contributed by atoms with Gasteiger partial charge in [0.25, 0.3) is 5.91 Å². The Morgan fingerprint density at radius 2 is 2.32 bits per heavy atom. The number of nitrogens with one attached hydrogen (secondary N) is 1. The molecule has 1 N–H and O–H groups in total. The molecular weight excluding hydrogens is 242 g/mol. The third kappa shape index (κ3) is 4.52. The molecular formula is C14H23N3O2. The Labute approximate surface area is 115 Å². The molecule has 0 spiro atoms. The maximum Gasteiger partial charge on any atom is 0.272 e. The number of methoxy groups -OCH3 is 1. The van der Waals surface area contributed by atoms with Crippen LogP contribution in [0, 0.1) is 0 Å². The first-order valence-electron chi connectivity index (χ1n) is 6.56. The first-order valence-corrected chi connectivity index (χ1v) is 6.56. The number of likely N-dealkylation sites (N-methyl/N-ethyl adjacent to an activating group) is 1. The molecule has 0 aliphatic carbocycles. The second-order valence-electron chi connectivity index (χ2n) is 4.58. The topological polar surface area (TPSA) is 54.5 Å². The Morgan fingerprint density at radius 1 is 1.58 bits per heavy atom. The smallest absolute Gasteiger partial charge is 0.272 e. The van der Waals surface area contributed by atoms with Crippen molar-refractivity contribution < 1.29 is 9.53 Å².